The molecule has 4 aromatic carbocycles. The summed E-state index contributed by atoms with van der Waals surface area (Å²) >= 11 is 6.43. The van der Waals surface area contributed by atoms with Crippen LogP contribution in [0.3, 0.4) is 0 Å². The van der Waals surface area contributed by atoms with E-state index >= 15 is 0 Å². The number of hydrogen-bond donors (Lipinski definition) is 1. The fourth-order valence-corrected chi connectivity index (χ4v) is 6.51. The Balaban J connectivity index is 1.81. The van der Waals surface area contributed by atoms with Gasteiger partial charge in [0, 0.05) is 19.0 Å². The van der Waals surface area contributed by atoms with Crippen LogP contribution < -0.4 is 14.4 Å². The topological polar surface area (TPSA) is 96.0 Å². The van der Waals surface area contributed by atoms with Gasteiger partial charge in [0.1, 0.15) is 18.3 Å². The van der Waals surface area contributed by atoms with Gasteiger partial charge in [0.25, 0.3) is 10.0 Å². The van der Waals surface area contributed by atoms with Crippen LogP contribution in [0.4, 0.5) is 5.69 Å². The number of sulfonamides is 1. The van der Waals surface area contributed by atoms with Crippen molar-refractivity contribution < 1.29 is 22.7 Å². The van der Waals surface area contributed by atoms with E-state index in [0.29, 0.717) is 12.2 Å². The van der Waals surface area contributed by atoms with Crippen molar-refractivity contribution in [3.05, 3.63) is 125 Å². The number of carbonyl (C=O) groups is 2. The molecule has 236 valence electrons. The van der Waals surface area contributed by atoms with Crippen molar-refractivity contribution in [3.8, 4) is 5.75 Å². The van der Waals surface area contributed by atoms with Crippen LogP contribution >= 0.6 is 11.6 Å². The van der Waals surface area contributed by atoms with Crippen molar-refractivity contribution in [2.24, 2.45) is 0 Å². The molecule has 0 aromatic heterocycles. The maximum Gasteiger partial charge on any atom is 0.264 e. The molecule has 0 bridgehead atoms. The quantitative estimate of drug-likeness (QED) is 0.179. The molecule has 8 nitrogen and oxygen atoms in total. The Morgan fingerprint density at radius 1 is 0.867 bits per heavy atom. The maximum atomic E-state index is 14.5. The molecule has 4 aromatic rings. The molecule has 0 spiro atoms. The molecule has 45 heavy (non-hydrogen) atoms. The van der Waals surface area contributed by atoms with Gasteiger partial charge in [-0.05, 0) is 54.8 Å². The number of nitrogens with one attached hydrogen (secondary N) is 1. The second-order valence-electron chi connectivity index (χ2n) is 10.7. The van der Waals surface area contributed by atoms with Crippen molar-refractivity contribution in [2.45, 2.75) is 50.2 Å². The summed E-state index contributed by atoms with van der Waals surface area (Å²) in [6.45, 7) is 3.39. The van der Waals surface area contributed by atoms with E-state index in [4.69, 9.17) is 16.3 Å². The first-order chi connectivity index (χ1) is 21.6. The van der Waals surface area contributed by atoms with Gasteiger partial charge in [0.05, 0.1) is 22.7 Å². The third-order valence-electron chi connectivity index (χ3n) is 7.50. The maximum absolute atomic E-state index is 14.5. The van der Waals surface area contributed by atoms with E-state index < -0.39 is 28.5 Å². The number of nitrogens with zero attached hydrogens (tertiary/aromatic N) is 2. The van der Waals surface area contributed by atoms with Crippen LogP contribution in [0.2, 0.25) is 5.02 Å². The van der Waals surface area contributed by atoms with E-state index in [-0.39, 0.29) is 40.5 Å². The largest absolute Gasteiger partial charge is 0.495 e. The highest BCUT2D eigenvalue weighted by Gasteiger charge is 2.35. The number of methoxy groups -OCH3 is 1. The zero-order chi connectivity index (χ0) is 32.4. The zero-order valence-corrected chi connectivity index (χ0v) is 27.2. The molecule has 0 aliphatic carbocycles. The lowest BCUT2D eigenvalue weighted by Crippen LogP contribution is -2.54. The average Bonchev–Trinajstić information content (AvgIpc) is 3.06. The highest BCUT2D eigenvalue weighted by Crippen LogP contribution is 2.32. The monoisotopic (exact) mass is 647 g/mol. The molecule has 0 saturated carbocycles. The van der Waals surface area contributed by atoms with E-state index in [1.165, 1.54) is 36.3 Å². The minimum atomic E-state index is -4.23. The number of hydrogen-bond acceptors (Lipinski definition) is 5. The van der Waals surface area contributed by atoms with Crippen molar-refractivity contribution in [3.63, 3.8) is 0 Å². The number of ether oxygens (including phenoxy) is 1. The minimum Gasteiger partial charge on any atom is -0.495 e. The molecular formula is C35H38ClN3O5S. The number of halogens is 1. The molecule has 0 heterocycles. The Morgan fingerprint density at radius 3 is 2.00 bits per heavy atom. The Morgan fingerprint density at radius 2 is 1.44 bits per heavy atom. The first kappa shape index (κ1) is 33.6. The van der Waals surface area contributed by atoms with Crippen molar-refractivity contribution in [1.29, 1.82) is 0 Å². The summed E-state index contributed by atoms with van der Waals surface area (Å²) in [5.74, 6) is -0.507. The Bertz CT molecular complexity index is 1670. The van der Waals surface area contributed by atoms with Gasteiger partial charge in [-0.1, -0.05) is 97.4 Å². The van der Waals surface area contributed by atoms with Crippen LogP contribution in [0.25, 0.3) is 0 Å². The molecule has 0 aliphatic heterocycles. The molecule has 0 aliphatic rings. The Labute approximate surface area is 270 Å². The summed E-state index contributed by atoms with van der Waals surface area (Å²) in [5.41, 5.74) is 1.84. The van der Waals surface area contributed by atoms with Gasteiger partial charge in [-0.25, -0.2) is 8.42 Å². The van der Waals surface area contributed by atoms with Crippen LogP contribution in [-0.4, -0.2) is 50.9 Å². The Kier molecular flexibility index (Phi) is 11.6. The smallest absolute Gasteiger partial charge is 0.264 e. The molecule has 4 rings (SSSR count). The zero-order valence-electron chi connectivity index (χ0n) is 25.6. The van der Waals surface area contributed by atoms with E-state index in [1.807, 2.05) is 74.5 Å². The fraction of sp³-hybridized carbons (Fsp3) is 0.257. The third kappa shape index (κ3) is 8.65. The van der Waals surface area contributed by atoms with Gasteiger partial charge in [-0.15, -0.1) is 0 Å². The lowest BCUT2D eigenvalue weighted by molar-refractivity contribution is -0.140. The van der Waals surface area contributed by atoms with Gasteiger partial charge in [-0.2, -0.15) is 0 Å². The SMILES string of the molecule is CC[C@H](C)NC(=O)[C@H](Cc1ccccc1)N(Cc1ccccc1)C(=O)CN(c1ccc(OC)c(Cl)c1)S(=O)(=O)c1ccccc1. The number of carbonyl (C=O) groups excluding carboxylic acids is 2. The number of benzene rings is 4. The van der Waals surface area contributed by atoms with E-state index in [0.717, 1.165) is 15.4 Å². The van der Waals surface area contributed by atoms with E-state index in [9.17, 15) is 18.0 Å². The first-order valence-corrected chi connectivity index (χ1v) is 16.5. The van der Waals surface area contributed by atoms with Gasteiger partial charge in [0.2, 0.25) is 11.8 Å². The lowest BCUT2D eigenvalue weighted by atomic mass is 10.0. The molecule has 0 saturated heterocycles. The summed E-state index contributed by atoms with van der Waals surface area (Å²) in [4.78, 5) is 29.8. The second-order valence-corrected chi connectivity index (χ2v) is 12.9. The van der Waals surface area contributed by atoms with Crippen molar-refractivity contribution in [1.82, 2.24) is 10.2 Å². The molecule has 0 unspecified atom stereocenters. The molecule has 1 N–H and O–H groups in total. The second kappa shape index (κ2) is 15.6. The highest BCUT2D eigenvalue weighted by atomic mass is 35.5. The normalized spacial score (nSPS) is 12.5. The highest BCUT2D eigenvalue weighted by molar-refractivity contribution is 7.92. The number of amides is 2. The Hall–Kier alpha value is -4.34. The predicted molar refractivity (Wildman–Crippen MR) is 178 cm³/mol. The molecular weight excluding hydrogens is 610 g/mol. The van der Waals surface area contributed by atoms with Gasteiger partial charge in [0.15, 0.2) is 0 Å². The molecule has 0 radical (unpaired) electrons. The summed E-state index contributed by atoms with van der Waals surface area (Å²) in [6, 6.07) is 30.1. The van der Waals surface area contributed by atoms with Crippen LogP contribution in [-0.2, 0) is 32.6 Å². The fourth-order valence-electron chi connectivity index (χ4n) is 4.83. The van der Waals surface area contributed by atoms with E-state index in [1.54, 1.807) is 24.3 Å². The van der Waals surface area contributed by atoms with Gasteiger partial charge in [-0.3, -0.25) is 13.9 Å². The van der Waals surface area contributed by atoms with Gasteiger partial charge >= 0.3 is 0 Å². The number of rotatable bonds is 14. The van der Waals surface area contributed by atoms with Gasteiger partial charge < -0.3 is 15.0 Å². The van der Waals surface area contributed by atoms with Crippen LogP contribution in [0.5, 0.6) is 5.75 Å². The van der Waals surface area contributed by atoms with Crippen molar-refractivity contribution >= 4 is 39.1 Å². The summed E-state index contributed by atoms with van der Waals surface area (Å²) < 4.78 is 34.5. The van der Waals surface area contributed by atoms with Crippen LogP contribution in [0.1, 0.15) is 31.4 Å². The van der Waals surface area contributed by atoms with Crippen LogP contribution in [0.15, 0.2) is 114 Å². The standard InChI is InChI=1S/C35H38ClN3O5S/c1-4-26(2)37-35(41)32(22-27-14-8-5-9-15-27)38(24-28-16-10-6-11-17-28)34(40)25-39(29-20-21-33(44-3)31(36)23-29)45(42,43)30-18-12-7-13-19-30/h5-21,23,26,32H,4,22,24-25H2,1-3H3,(H,37,41)/t26-,32-/m0/s1. The third-order valence-corrected chi connectivity index (χ3v) is 9.58. The van der Waals surface area contributed by atoms with E-state index in [2.05, 4.69) is 5.32 Å². The molecule has 10 heteroatoms. The van der Waals surface area contributed by atoms with Crippen molar-refractivity contribution in [2.75, 3.05) is 18.0 Å². The molecule has 2 amide bonds. The van der Waals surface area contributed by atoms with Crippen LogP contribution in [0, 0.1) is 0 Å². The summed E-state index contributed by atoms with van der Waals surface area (Å²) in [7, 11) is -2.77. The minimum absolute atomic E-state index is 0.00898. The first-order valence-electron chi connectivity index (χ1n) is 14.7. The lowest BCUT2D eigenvalue weighted by Gasteiger charge is -2.34. The summed E-state index contributed by atoms with van der Waals surface area (Å²) in [5, 5.41) is 3.22. The molecule has 2 atom stereocenters. The molecule has 0 fully saturated rings. The predicted octanol–water partition coefficient (Wildman–Crippen LogP) is 6.10. The average molecular weight is 648 g/mol. The number of anilines is 1. The summed E-state index contributed by atoms with van der Waals surface area (Å²) in [6.07, 6.45) is 0.944.